The number of halogens is 2. The number of nitrogens with zero attached hydrogens (tertiary/aromatic N) is 5. The fourth-order valence-electron chi connectivity index (χ4n) is 2.46. The van der Waals surface area contributed by atoms with Crippen LogP contribution in [0.3, 0.4) is 0 Å². The summed E-state index contributed by atoms with van der Waals surface area (Å²) in [7, 11) is 1.39. The van der Waals surface area contributed by atoms with E-state index in [1.165, 1.54) is 56.2 Å². The molecule has 0 aliphatic rings. The number of carbonyl (C=O) groups is 2. The number of rotatable bonds is 7. The molecule has 2 N–H and O–H groups in total. The van der Waals surface area contributed by atoms with E-state index in [2.05, 4.69) is 25.2 Å². The van der Waals surface area contributed by atoms with Gasteiger partial charge in [-0.1, -0.05) is 23.4 Å². The van der Waals surface area contributed by atoms with E-state index in [1.54, 1.807) is 0 Å². The third kappa shape index (κ3) is 6.26. The number of oxime groups is 1. The predicted octanol–water partition coefficient (Wildman–Crippen LogP) is 2.83. The molecule has 166 valence electrons. The molecule has 1 aromatic heterocycles. The zero-order valence-electron chi connectivity index (χ0n) is 16.6. The molecule has 0 bridgehead atoms. The van der Waals surface area contributed by atoms with Crippen molar-refractivity contribution in [2.45, 2.75) is 6.54 Å². The Morgan fingerprint density at radius 2 is 1.59 bits per heavy atom. The summed E-state index contributed by atoms with van der Waals surface area (Å²) in [5.74, 6) is -4.23. The molecule has 0 spiro atoms. The number of carboxylic acids is 2. The second-order valence-corrected chi connectivity index (χ2v) is 5.76. The summed E-state index contributed by atoms with van der Waals surface area (Å²) in [6, 6.07) is 7.97. The second kappa shape index (κ2) is 11.6. The van der Waals surface area contributed by atoms with Crippen molar-refractivity contribution in [3.8, 4) is 5.69 Å². The summed E-state index contributed by atoms with van der Waals surface area (Å²) >= 11 is 0. The van der Waals surface area contributed by atoms with Crippen molar-refractivity contribution >= 4 is 24.4 Å². The van der Waals surface area contributed by atoms with E-state index in [0.29, 0.717) is 5.56 Å². The van der Waals surface area contributed by atoms with Crippen molar-refractivity contribution in [1.29, 1.82) is 0 Å². The van der Waals surface area contributed by atoms with Crippen LogP contribution in [0.1, 0.15) is 26.3 Å². The van der Waals surface area contributed by atoms with Crippen molar-refractivity contribution < 1.29 is 33.4 Å². The van der Waals surface area contributed by atoms with E-state index in [4.69, 9.17) is 10.2 Å². The summed E-state index contributed by atoms with van der Waals surface area (Å²) in [6.45, 7) is 0.0646. The van der Waals surface area contributed by atoms with Gasteiger partial charge in [-0.2, -0.15) is 15.0 Å². The quantitative estimate of drug-likeness (QED) is 0.421. The van der Waals surface area contributed by atoms with Gasteiger partial charge in [0.2, 0.25) is 0 Å². The Morgan fingerprint density at radius 3 is 2.19 bits per heavy atom. The van der Waals surface area contributed by atoms with Crippen LogP contribution in [0.2, 0.25) is 0 Å². The second-order valence-electron chi connectivity index (χ2n) is 5.76. The van der Waals surface area contributed by atoms with Gasteiger partial charge in [-0.25, -0.2) is 18.4 Å². The van der Waals surface area contributed by atoms with Gasteiger partial charge in [0.05, 0.1) is 25.2 Å². The first-order valence-corrected chi connectivity index (χ1v) is 8.81. The molecule has 0 unspecified atom stereocenters. The molecule has 0 atom stereocenters. The van der Waals surface area contributed by atoms with Crippen LogP contribution in [0.4, 0.5) is 8.78 Å². The van der Waals surface area contributed by atoms with Gasteiger partial charge < -0.3 is 15.1 Å². The number of aromatic nitrogens is 3. The Labute approximate surface area is 180 Å². The lowest BCUT2D eigenvalue weighted by Crippen LogP contribution is -2.10. The van der Waals surface area contributed by atoms with Crippen LogP contribution in [-0.4, -0.2) is 56.7 Å². The van der Waals surface area contributed by atoms with E-state index in [9.17, 15) is 18.4 Å². The zero-order chi connectivity index (χ0) is 23.5. The fourth-order valence-corrected chi connectivity index (χ4v) is 2.46. The Balaban J connectivity index is 0.000000228. The monoisotopic (exact) mass is 445 g/mol. The van der Waals surface area contributed by atoms with Crippen LogP contribution < -0.4 is 0 Å². The smallest absolute Gasteiger partial charge is 0.340 e. The Bertz CT molecular complexity index is 1130. The van der Waals surface area contributed by atoms with Gasteiger partial charge in [0, 0.05) is 6.21 Å². The Hall–Kier alpha value is -4.48. The SMILES string of the molecule is CO/N=C/C=NCc1cccc(F)c1C(=O)O.O=C(O)c1c(F)cccc1-n1nccn1. The first kappa shape index (κ1) is 23.8. The third-order valence-electron chi connectivity index (χ3n) is 3.75. The summed E-state index contributed by atoms with van der Waals surface area (Å²) in [5, 5.41) is 28.6. The van der Waals surface area contributed by atoms with Crippen LogP contribution in [0.5, 0.6) is 0 Å². The van der Waals surface area contributed by atoms with Gasteiger partial charge in [-0.15, -0.1) is 0 Å². The molecule has 0 saturated carbocycles. The minimum atomic E-state index is -1.35. The molecule has 3 aromatic rings. The van der Waals surface area contributed by atoms with Gasteiger partial charge in [0.25, 0.3) is 0 Å². The average molecular weight is 445 g/mol. The fraction of sp³-hybridized carbons (Fsp3) is 0.100. The molecule has 10 nitrogen and oxygen atoms in total. The molecule has 1 heterocycles. The van der Waals surface area contributed by atoms with E-state index < -0.39 is 29.1 Å². The highest BCUT2D eigenvalue weighted by atomic mass is 19.1. The van der Waals surface area contributed by atoms with E-state index in [-0.39, 0.29) is 17.8 Å². The van der Waals surface area contributed by atoms with Gasteiger partial charge in [-0.3, -0.25) is 4.99 Å². The number of aromatic carboxylic acids is 2. The topological polar surface area (TPSA) is 139 Å². The third-order valence-corrected chi connectivity index (χ3v) is 3.75. The molecule has 32 heavy (non-hydrogen) atoms. The van der Waals surface area contributed by atoms with Crippen LogP contribution >= 0.6 is 0 Å². The molecule has 2 aromatic carbocycles. The highest BCUT2D eigenvalue weighted by molar-refractivity contribution is 6.15. The molecule has 0 aliphatic carbocycles. The Morgan fingerprint density at radius 1 is 1.00 bits per heavy atom. The van der Waals surface area contributed by atoms with Crippen LogP contribution in [0.15, 0.2) is 58.9 Å². The van der Waals surface area contributed by atoms with Crippen molar-refractivity contribution in [3.63, 3.8) is 0 Å². The van der Waals surface area contributed by atoms with Crippen molar-refractivity contribution in [3.05, 3.63) is 77.1 Å². The van der Waals surface area contributed by atoms with Crippen molar-refractivity contribution in [1.82, 2.24) is 15.0 Å². The highest BCUT2D eigenvalue weighted by Gasteiger charge is 2.17. The first-order chi connectivity index (χ1) is 15.4. The molecular formula is C20H17F2N5O5. The Kier molecular flexibility index (Phi) is 8.66. The van der Waals surface area contributed by atoms with E-state index in [1.807, 2.05) is 0 Å². The largest absolute Gasteiger partial charge is 0.478 e. The van der Waals surface area contributed by atoms with Gasteiger partial charge >= 0.3 is 11.9 Å². The highest BCUT2D eigenvalue weighted by Crippen LogP contribution is 2.16. The molecular weight excluding hydrogens is 428 g/mol. The number of hydrogen-bond donors (Lipinski definition) is 2. The molecule has 12 heteroatoms. The maximum atomic E-state index is 13.3. The average Bonchev–Trinajstić information content (AvgIpc) is 3.28. The van der Waals surface area contributed by atoms with Crippen LogP contribution in [0, 0.1) is 11.6 Å². The minimum absolute atomic E-state index is 0.0646. The number of hydrogen-bond acceptors (Lipinski definition) is 7. The van der Waals surface area contributed by atoms with Gasteiger partial charge in [0.1, 0.15) is 35.6 Å². The van der Waals surface area contributed by atoms with Gasteiger partial charge in [0.15, 0.2) is 0 Å². The number of aliphatic imine (C=N–C) groups is 1. The van der Waals surface area contributed by atoms with Crippen LogP contribution in [0.25, 0.3) is 5.69 Å². The maximum absolute atomic E-state index is 13.3. The normalized spacial score (nSPS) is 10.7. The summed E-state index contributed by atoms with van der Waals surface area (Å²) in [5.41, 5.74) is -0.380. The molecule has 0 radical (unpaired) electrons. The standard InChI is InChI=1S/C11H11FN2O3.C9H6FN3O2/c1-17-14-6-5-13-7-8-3-2-4-9(12)10(8)11(15)16;10-6-2-1-3-7(8(6)9(14)15)13-11-4-5-12-13/h2-6H,7H2,1H3,(H,15,16);1-5H,(H,14,15)/b13-5?,14-6+;. The van der Waals surface area contributed by atoms with Gasteiger partial charge in [-0.05, 0) is 23.8 Å². The summed E-state index contributed by atoms with van der Waals surface area (Å²) in [6.07, 6.45) is 5.42. The first-order valence-electron chi connectivity index (χ1n) is 8.81. The molecule has 3 rings (SSSR count). The molecule has 0 fully saturated rings. The zero-order valence-corrected chi connectivity index (χ0v) is 16.6. The predicted molar refractivity (Wildman–Crippen MR) is 109 cm³/mol. The summed E-state index contributed by atoms with van der Waals surface area (Å²) < 4.78 is 26.5. The molecule has 0 aliphatic heterocycles. The minimum Gasteiger partial charge on any atom is -0.478 e. The van der Waals surface area contributed by atoms with Crippen molar-refractivity contribution in [2.75, 3.05) is 7.11 Å². The summed E-state index contributed by atoms with van der Waals surface area (Å²) in [4.78, 5) is 31.0. The lowest BCUT2D eigenvalue weighted by Gasteiger charge is -2.04. The molecule has 0 amide bonds. The molecule has 0 saturated heterocycles. The van der Waals surface area contributed by atoms with E-state index in [0.717, 1.165) is 16.9 Å². The number of benzene rings is 2. The van der Waals surface area contributed by atoms with E-state index >= 15 is 0 Å². The lowest BCUT2D eigenvalue weighted by molar-refractivity contribution is 0.0679. The number of carboxylic acid groups (broad SMARTS) is 2. The maximum Gasteiger partial charge on any atom is 0.340 e. The lowest BCUT2D eigenvalue weighted by atomic mass is 10.1. The van der Waals surface area contributed by atoms with Crippen molar-refractivity contribution in [2.24, 2.45) is 10.1 Å². The van der Waals surface area contributed by atoms with Crippen LogP contribution in [-0.2, 0) is 11.4 Å².